The molecule has 3 unspecified atom stereocenters. The van der Waals surface area contributed by atoms with E-state index in [1.807, 2.05) is 7.05 Å². The fourth-order valence-corrected chi connectivity index (χ4v) is 1.96. The second-order valence-electron chi connectivity index (χ2n) is 5.35. The van der Waals surface area contributed by atoms with Crippen molar-refractivity contribution in [2.45, 2.75) is 57.4 Å². The molecule has 1 aliphatic rings. The Bertz CT molecular complexity index is 265. The summed E-state index contributed by atoms with van der Waals surface area (Å²) in [6.07, 6.45) is 0.496. The fourth-order valence-electron chi connectivity index (χ4n) is 1.96. The lowest BCUT2D eigenvalue weighted by Gasteiger charge is -2.23. The number of nitrogens with one attached hydrogen (secondary N) is 2. The van der Waals surface area contributed by atoms with Crippen LogP contribution in [0.5, 0.6) is 0 Å². The number of ether oxygens (including phenoxy) is 1. The SMILES string of the molecule is CNC1CC(NC(=O)OC(C)(C)C)C(OO)C1. The van der Waals surface area contributed by atoms with Crippen LogP contribution in [0.3, 0.4) is 0 Å². The fraction of sp³-hybridized carbons (Fsp3) is 0.909. The highest BCUT2D eigenvalue weighted by Crippen LogP contribution is 2.22. The van der Waals surface area contributed by atoms with E-state index in [9.17, 15) is 4.79 Å². The summed E-state index contributed by atoms with van der Waals surface area (Å²) in [5.74, 6) is 0. The highest BCUT2D eigenvalue weighted by atomic mass is 17.1. The standard InChI is InChI=1S/C11H22N2O4/c1-11(2,3)16-10(14)13-8-5-7(12-4)6-9(8)17-15/h7-9,12,15H,5-6H2,1-4H3,(H,13,14). The molecular weight excluding hydrogens is 224 g/mol. The number of rotatable bonds is 3. The first-order valence-corrected chi connectivity index (χ1v) is 5.82. The van der Waals surface area contributed by atoms with Gasteiger partial charge in [0.1, 0.15) is 11.7 Å². The Balaban J connectivity index is 2.47. The topological polar surface area (TPSA) is 79.8 Å². The van der Waals surface area contributed by atoms with E-state index in [2.05, 4.69) is 15.5 Å². The summed E-state index contributed by atoms with van der Waals surface area (Å²) >= 11 is 0. The van der Waals surface area contributed by atoms with E-state index in [0.717, 1.165) is 0 Å². The average molecular weight is 246 g/mol. The first-order chi connectivity index (χ1) is 7.85. The van der Waals surface area contributed by atoms with Gasteiger partial charge < -0.3 is 15.4 Å². The van der Waals surface area contributed by atoms with Crippen molar-refractivity contribution in [3.05, 3.63) is 0 Å². The van der Waals surface area contributed by atoms with Crippen molar-refractivity contribution < 1.29 is 19.7 Å². The highest BCUT2D eigenvalue weighted by molar-refractivity contribution is 5.68. The van der Waals surface area contributed by atoms with Crippen LogP contribution in [0.2, 0.25) is 0 Å². The number of carbonyl (C=O) groups excluding carboxylic acids is 1. The number of amides is 1. The van der Waals surface area contributed by atoms with Gasteiger partial charge in [-0.05, 0) is 40.7 Å². The smallest absolute Gasteiger partial charge is 0.407 e. The van der Waals surface area contributed by atoms with Crippen molar-refractivity contribution in [2.24, 2.45) is 0 Å². The Morgan fingerprint density at radius 3 is 2.47 bits per heavy atom. The minimum absolute atomic E-state index is 0.229. The van der Waals surface area contributed by atoms with E-state index in [4.69, 9.17) is 9.99 Å². The first-order valence-electron chi connectivity index (χ1n) is 5.82. The predicted octanol–water partition coefficient (Wildman–Crippen LogP) is 1.12. The van der Waals surface area contributed by atoms with Crippen LogP contribution < -0.4 is 10.6 Å². The van der Waals surface area contributed by atoms with Gasteiger partial charge in [-0.1, -0.05) is 0 Å². The normalized spacial score (nSPS) is 29.1. The molecule has 1 saturated carbocycles. The van der Waals surface area contributed by atoms with Gasteiger partial charge >= 0.3 is 6.09 Å². The van der Waals surface area contributed by atoms with Gasteiger partial charge in [-0.3, -0.25) is 5.26 Å². The van der Waals surface area contributed by atoms with Gasteiger partial charge in [-0.2, -0.15) is 0 Å². The van der Waals surface area contributed by atoms with Gasteiger partial charge in [-0.15, -0.1) is 0 Å². The second-order valence-corrected chi connectivity index (χ2v) is 5.35. The van der Waals surface area contributed by atoms with Crippen molar-refractivity contribution in [3.63, 3.8) is 0 Å². The van der Waals surface area contributed by atoms with Crippen molar-refractivity contribution in [3.8, 4) is 0 Å². The zero-order valence-corrected chi connectivity index (χ0v) is 10.8. The molecule has 100 valence electrons. The van der Waals surface area contributed by atoms with E-state index >= 15 is 0 Å². The summed E-state index contributed by atoms with van der Waals surface area (Å²) in [5.41, 5.74) is -0.527. The lowest BCUT2D eigenvalue weighted by atomic mass is 10.2. The Morgan fingerprint density at radius 2 is 2.00 bits per heavy atom. The molecule has 0 bridgehead atoms. The lowest BCUT2D eigenvalue weighted by Crippen LogP contribution is -2.43. The maximum Gasteiger partial charge on any atom is 0.407 e. The van der Waals surface area contributed by atoms with Crippen LogP contribution in [0.15, 0.2) is 0 Å². The van der Waals surface area contributed by atoms with E-state index in [1.54, 1.807) is 20.8 Å². The van der Waals surface area contributed by atoms with Crippen molar-refractivity contribution in [1.82, 2.24) is 10.6 Å². The molecule has 0 heterocycles. The van der Waals surface area contributed by atoms with Gasteiger partial charge in [0.2, 0.25) is 0 Å². The van der Waals surface area contributed by atoms with Crippen LogP contribution in [0.25, 0.3) is 0 Å². The maximum atomic E-state index is 11.6. The third-order valence-corrected chi connectivity index (χ3v) is 2.75. The summed E-state index contributed by atoms with van der Waals surface area (Å²) in [6.45, 7) is 5.41. The van der Waals surface area contributed by atoms with E-state index in [1.165, 1.54) is 0 Å². The third-order valence-electron chi connectivity index (χ3n) is 2.75. The third kappa shape index (κ3) is 4.49. The molecule has 0 spiro atoms. The molecule has 0 aromatic rings. The van der Waals surface area contributed by atoms with Crippen LogP contribution in [-0.4, -0.2) is 42.2 Å². The second kappa shape index (κ2) is 5.66. The van der Waals surface area contributed by atoms with E-state index in [-0.39, 0.29) is 18.2 Å². The van der Waals surface area contributed by atoms with Gasteiger partial charge in [0.15, 0.2) is 0 Å². The van der Waals surface area contributed by atoms with E-state index in [0.29, 0.717) is 12.8 Å². The highest BCUT2D eigenvalue weighted by Gasteiger charge is 2.36. The van der Waals surface area contributed by atoms with Crippen LogP contribution in [0.4, 0.5) is 4.79 Å². The Kier molecular flexibility index (Phi) is 4.73. The summed E-state index contributed by atoms with van der Waals surface area (Å²) < 4.78 is 5.15. The number of hydrogen-bond acceptors (Lipinski definition) is 5. The van der Waals surface area contributed by atoms with Crippen molar-refractivity contribution in [2.75, 3.05) is 7.05 Å². The largest absolute Gasteiger partial charge is 0.444 e. The average Bonchev–Trinajstić information content (AvgIpc) is 2.57. The number of carbonyl (C=O) groups is 1. The molecule has 0 saturated heterocycles. The molecule has 6 nitrogen and oxygen atoms in total. The molecule has 3 N–H and O–H groups in total. The predicted molar refractivity (Wildman–Crippen MR) is 62.7 cm³/mol. The zero-order valence-electron chi connectivity index (χ0n) is 10.8. The van der Waals surface area contributed by atoms with Crippen LogP contribution in [0.1, 0.15) is 33.6 Å². The molecule has 1 fully saturated rings. The maximum absolute atomic E-state index is 11.6. The molecular formula is C11H22N2O4. The summed E-state index contributed by atoms with van der Waals surface area (Å²) in [6, 6.07) is -0.000568. The van der Waals surface area contributed by atoms with Crippen molar-refractivity contribution in [1.29, 1.82) is 0 Å². The molecule has 0 aromatic carbocycles. The van der Waals surface area contributed by atoms with Crippen LogP contribution in [-0.2, 0) is 9.62 Å². The minimum Gasteiger partial charge on any atom is -0.444 e. The van der Waals surface area contributed by atoms with Crippen LogP contribution in [0, 0.1) is 0 Å². The molecule has 1 rings (SSSR count). The van der Waals surface area contributed by atoms with E-state index < -0.39 is 11.7 Å². The van der Waals surface area contributed by atoms with Gasteiger partial charge in [0.05, 0.1) is 6.04 Å². The van der Waals surface area contributed by atoms with Gasteiger partial charge in [0.25, 0.3) is 0 Å². The summed E-state index contributed by atoms with van der Waals surface area (Å²) in [4.78, 5) is 16.0. The summed E-state index contributed by atoms with van der Waals surface area (Å²) in [7, 11) is 1.84. The lowest BCUT2D eigenvalue weighted by molar-refractivity contribution is -0.280. The van der Waals surface area contributed by atoms with Crippen LogP contribution >= 0.6 is 0 Å². The Labute approximate surface area is 102 Å². The molecule has 3 atom stereocenters. The molecule has 17 heavy (non-hydrogen) atoms. The molecule has 6 heteroatoms. The Hall–Kier alpha value is -0.850. The monoisotopic (exact) mass is 246 g/mol. The Morgan fingerprint density at radius 1 is 1.35 bits per heavy atom. The zero-order chi connectivity index (χ0) is 13.1. The number of alkyl carbamates (subject to hydrolysis) is 1. The quantitative estimate of drug-likeness (QED) is 0.513. The van der Waals surface area contributed by atoms with Gasteiger partial charge in [0, 0.05) is 6.04 Å². The molecule has 0 radical (unpaired) electrons. The molecule has 1 aliphatic carbocycles. The number of hydrogen-bond donors (Lipinski definition) is 3. The molecule has 0 aliphatic heterocycles. The van der Waals surface area contributed by atoms with Crippen molar-refractivity contribution >= 4 is 6.09 Å². The molecule has 1 amide bonds. The molecule has 0 aromatic heterocycles. The first kappa shape index (κ1) is 14.2. The van der Waals surface area contributed by atoms with Gasteiger partial charge in [-0.25, -0.2) is 9.68 Å². The minimum atomic E-state index is -0.527. The summed E-state index contributed by atoms with van der Waals surface area (Å²) in [5, 5.41) is 14.6.